The molecule has 6 heteroatoms. The molecule has 0 aromatic carbocycles. The zero-order valence-corrected chi connectivity index (χ0v) is 15.0. The van der Waals surface area contributed by atoms with Crippen molar-refractivity contribution in [2.45, 2.75) is 64.0 Å². The SMILES string of the molecule is CC(C)(C)OC(=O)N1CCC2(CC1)CCN2C[C@H](C#N)CCC#N. The molecule has 1 atom stereocenters. The number of ether oxygens (including phenoxy) is 1. The standard InChI is InChI=1S/C18H28N4O2/c1-17(2,3)24-16(23)21-10-6-18(7-11-21)8-12-22(18)14-15(13-20)5-4-9-19/h15H,4-8,10-12,14H2,1-3H3/t15-/m0/s1. The summed E-state index contributed by atoms with van der Waals surface area (Å²) in [7, 11) is 0. The number of hydrogen-bond donors (Lipinski definition) is 0. The molecule has 1 spiro atoms. The van der Waals surface area contributed by atoms with Crippen molar-refractivity contribution in [2.24, 2.45) is 5.92 Å². The van der Waals surface area contributed by atoms with Gasteiger partial charge in [0.25, 0.3) is 0 Å². The van der Waals surface area contributed by atoms with Gasteiger partial charge in [-0.25, -0.2) is 4.79 Å². The molecular weight excluding hydrogens is 304 g/mol. The summed E-state index contributed by atoms with van der Waals surface area (Å²) in [5, 5.41) is 18.0. The van der Waals surface area contributed by atoms with Crippen LogP contribution in [0.1, 0.15) is 52.9 Å². The van der Waals surface area contributed by atoms with Crippen LogP contribution in [-0.4, -0.2) is 53.2 Å². The van der Waals surface area contributed by atoms with Gasteiger partial charge in [0.05, 0.1) is 18.1 Å². The van der Waals surface area contributed by atoms with E-state index in [9.17, 15) is 10.1 Å². The zero-order valence-electron chi connectivity index (χ0n) is 15.0. The van der Waals surface area contributed by atoms with E-state index in [0.29, 0.717) is 25.9 Å². The molecule has 0 aromatic heterocycles. The molecule has 1 amide bonds. The van der Waals surface area contributed by atoms with Crippen molar-refractivity contribution in [3.63, 3.8) is 0 Å². The number of carbonyl (C=O) groups excluding carboxylic acids is 1. The van der Waals surface area contributed by atoms with E-state index in [1.54, 1.807) is 4.90 Å². The smallest absolute Gasteiger partial charge is 0.410 e. The summed E-state index contributed by atoms with van der Waals surface area (Å²) in [6.07, 6.45) is 3.85. The van der Waals surface area contributed by atoms with E-state index in [1.165, 1.54) is 0 Å². The summed E-state index contributed by atoms with van der Waals surface area (Å²) in [6.45, 7) is 8.82. The number of likely N-dealkylation sites (tertiary alicyclic amines) is 2. The van der Waals surface area contributed by atoms with Crippen molar-refractivity contribution in [3.05, 3.63) is 0 Å². The molecule has 2 aliphatic rings. The third-order valence-corrected chi connectivity index (χ3v) is 5.09. The van der Waals surface area contributed by atoms with E-state index in [2.05, 4.69) is 17.0 Å². The highest BCUT2D eigenvalue weighted by molar-refractivity contribution is 5.68. The lowest BCUT2D eigenvalue weighted by atomic mass is 9.75. The number of amides is 1. The Morgan fingerprint density at radius 1 is 1.21 bits per heavy atom. The first-order valence-electron chi connectivity index (χ1n) is 8.79. The maximum atomic E-state index is 12.2. The Balaban J connectivity index is 1.85. The van der Waals surface area contributed by atoms with Gasteiger partial charge in [0.1, 0.15) is 5.60 Å². The molecule has 24 heavy (non-hydrogen) atoms. The highest BCUT2D eigenvalue weighted by Crippen LogP contribution is 2.40. The summed E-state index contributed by atoms with van der Waals surface area (Å²) in [5.74, 6) is -0.0780. The van der Waals surface area contributed by atoms with Gasteiger partial charge in [-0.3, -0.25) is 4.90 Å². The molecule has 0 aromatic rings. The van der Waals surface area contributed by atoms with E-state index in [0.717, 1.165) is 32.4 Å². The zero-order chi connectivity index (χ0) is 17.8. The van der Waals surface area contributed by atoms with Gasteiger partial charge in [-0.05, 0) is 46.5 Å². The van der Waals surface area contributed by atoms with Crippen molar-refractivity contribution in [1.29, 1.82) is 10.5 Å². The van der Waals surface area contributed by atoms with Crippen LogP contribution in [0.2, 0.25) is 0 Å². The summed E-state index contributed by atoms with van der Waals surface area (Å²) in [6, 6.07) is 4.46. The lowest BCUT2D eigenvalue weighted by molar-refractivity contribution is -0.0661. The normalized spacial score (nSPS) is 21.5. The van der Waals surface area contributed by atoms with Crippen LogP contribution < -0.4 is 0 Å². The topological polar surface area (TPSA) is 80.4 Å². The molecule has 6 nitrogen and oxygen atoms in total. The highest BCUT2D eigenvalue weighted by atomic mass is 16.6. The molecule has 132 valence electrons. The minimum absolute atomic E-state index is 0.0780. The quantitative estimate of drug-likeness (QED) is 0.791. The molecule has 0 bridgehead atoms. The molecule has 0 aliphatic carbocycles. The van der Waals surface area contributed by atoms with Crippen molar-refractivity contribution >= 4 is 6.09 Å². The number of rotatable bonds is 4. The Hall–Kier alpha value is -1.79. The second-order valence-corrected chi connectivity index (χ2v) is 7.91. The minimum Gasteiger partial charge on any atom is -0.444 e. The van der Waals surface area contributed by atoms with Gasteiger partial charge in [0, 0.05) is 38.1 Å². The van der Waals surface area contributed by atoms with Crippen molar-refractivity contribution in [2.75, 3.05) is 26.2 Å². The third kappa shape index (κ3) is 4.39. The molecule has 0 radical (unpaired) electrons. The fourth-order valence-electron chi connectivity index (χ4n) is 3.57. The first kappa shape index (κ1) is 18.5. The second kappa shape index (κ2) is 7.40. The average molecular weight is 332 g/mol. The summed E-state index contributed by atoms with van der Waals surface area (Å²) >= 11 is 0. The predicted octanol–water partition coefficient (Wildman–Crippen LogP) is 2.91. The van der Waals surface area contributed by atoms with Crippen LogP contribution in [0.25, 0.3) is 0 Å². The van der Waals surface area contributed by atoms with E-state index in [4.69, 9.17) is 10.00 Å². The maximum Gasteiger partial charge on any atom is 0.410 e. The Morgan fingerprint density at radius 2 is 1.83 bits per heavy atom. The first-order chi connectivity index (χ1) is 11.3. The van der Waals surface area contributed by atoms with Gasteiger partial charge in [-0.2, -0.15) is 10.5 Å². The van der Waals surface area contributed by atoms with Gasteiger partial charge < -0.3 is 9.64 Å². The molecule has 2 rings (SSSR count). The number of nitrogens with zero attached hydrogens (tertiary/aromatic N) is 4. The monoisotopic (exact) mass is 332 g/mol. The Bertz CT molecular complexity index is 533. The minimum atomic E-state index is -0.463. The maximum absolute atomic E-state index is 12.2. The van der Waals surface area contributed by atoms with Crippen LogP contribution in [0.15, 0.2) is 0 Å². The number of hydrogen-bond acceptors (Lipinski definition) is 5. The van der Waals surface area contributed by atoms with Crippen LogP contribution in [0.3, 0.4) is 0 Å². The van der Waals surface area contributed by atoms with Gasteiger partial charge in [-0.1, -0.05) is 0 Å². The van der Waals surface area contributed by atoms with Crippen LogP contribution in [-0.2, 0) is 4.74 Å². The highest BCUT2D eigenvalue weighted by Gasteiger charge is 2.47. The van der Waals surface area contributed by atoms with Crippen LogP contribution in [0, 0.1) is 28.6 Å². The Morgan fingerprint density at radius 3 is 2.29 bits per heavy atom. The molecule has 0 unspecified atom stereocenters. The van der Waals surface area contributed by atoms with E-state index >= 15 is 0 Å². The predicted molar refractivity (Wildman–Crippen MR) is 89.9 cm³/mol. The number of nitriles is 2. The molecular formula is C18H28N4O2. The largest absolute Gasteiger partial charge is 0.444 e. The Kier molecular flexibility index (Phi) is 5.72. The average Bonchev–Trinajstić information content (AvgIpc) is 2.52. The molecule has 2 heterocycles. The second-order valence-electron chi connectivity index (χ2n) is 7.91. The summed E-state index contributed by atoms with van der Waals surface area (Å²) < 4.78 is 5.45. The summed E-state index contributed by atoms with van der Waals surface area (Å²) in [5.41, 5.74) is -0.324. The fourth-order valence-corrected chi connectivity index (χ4v) is 3.57. The van der Waals surface area contributed by atoms with Gasteiger partial charge in [-0.15, -0.1) is 0 Å². The van der Waals surface area contributed by atoms with Crippen molar-refractivity contribution in [1.82, 2.24) is 9.80 Å². The van der Waals surface area contributed by atoms with E-state index in [1.807, 2.05) is 20.8 Å². The lowest BCUT2D eigenvalue weighted by Gasteiger charge is -2.57. The third-order valence-electron chi connectivity index (χ3n) is 5.09. The molecule has 2 fully saturated rings. The molecule has 0 saturated carbocycles. The van der Waals surface area contributed by atoms with E-state index in [-0.39, 0.29) is 17.6 Å². The molecule has 2 aliphatic heterocycles. The Labute approximate surface area is 145 Å². The van der Waals surface area contributed by atoms with E-state index < -0.39 is 5.60 Å². The van der Waals surface area contributed by atoms with Gasteiger partial charge in [0.15, 0.2) is 0 Å². The van der Waals surface area contributed by atoms with Crippen LogP contribution >= 0.6 is 0 Å². The van der Waals surface area contributed by atoms with Gasteiger partial charge >= 0.3 is 6.09 Å². The lowest BCUT2D eigenvalue weighted by Crippen LogP contribution is -2.65. The van der Waals surface area contributed by atoms with Crippen LogP contribution in [0.5, 0.6) is 0 Å². The first-order valence-corrected chi connectivity index (χ1v) is 8.79. The fraction of sp³-hybridized carbons (Fsp3) is 0.833. The number of carbonyl (C=O) groups is 1. The molecule has 2 saturated heterocycles. The summed E-state index contributed by atoms with van der Waals surface area (Å²) in [4.78, 5) is 16.4. The van der Waals surface area contributed by atoms with Crippen molar-refractivity contribution in [3.8, 4) is 12.1 Å². The van der Waals surface area contributed by atoms with Crippen LogP contribution in [0.4, 0.5) is 4.79 Å². The number of piperidine rings is 1. The van der Waals surface area contributed by atoms with Crippen molar-refractivity contribution < 1.29 is 9.53 Å². The molecule has 0 N–H and O–H groups in total. The van der Waals surface area contributed by atoms with Gasteiger partial charge in [0.2, 0.25) is 0 Å².